The Morgan fingerprint density at radius 1 is 0.815 bits per heavy atom. The van der Waals surface area contributed by atoms with Crippen LogP contribution in [0.5, 0.6) is 0 Å². The van der Waals surface area contributed by atoms with Crippen LogP contribution >= 0.6 is 25.3 Å². The standard InChI is InChI=1S/C13H22N4O8S2/c14-5(3-26)10(21)15-6(1-9(19)20)11(22)16-7(2-18)12(23)17-8(4-27)13(24)25/h5-8,18,26-27H,1-4,14H2,(H,15,21)(H,16,22)(H,17,23)(H,19,20)(H,24,25). The van der Waals surface area contributed by atoms with Crippen LogP contribution in [0.3, 0.4) is 0 Å². The van der Waals surface area contributed by atoms with E-state index < -0.39 is 66.9 Å². The average Bonchev–Trinajstić information content (AvgIpc) is 2.61. The number of carboxylic acid groups (broad SMARTS) is 2. The Hall–Kier alpha value is -2.03. The second-order valence-corrected chi connectivity index (χ2v) is 6.00. The van der Waals surface area contributed by atoms with Crippen molar-refractivity contribution < 1.29 is 39.3 Å². The molecule has 0 bridgehead atoms. The zero-order valence-electron chi connectivity index (χ0n) is 14.0. The highest BCUT2D eigenvalue weighted by Gasteiger charge is 2.30. The Balaban J connectivity index is 5.13. The maximum absolute atomic E-state index is 12.2. The summed E-state index contributed by atoms with van der Waals surface area (Å²) in [6, 6.07) is -5.62. The van der Waals surface area contributed by atoms with Crippen molar-refractivity contribution >= 4 is 54.9 Å². The van der Waals surface area contributed by atoms with Crippen molar-refractivity contribution in [2.45, 2.75) is 30.6 Å². The van der Waals surface area contributed by atoms with Crippen molar-refractivity contribution in [3.05, 3.63) is 0 Å². The number of aliphatic hydroxyl groups excluding tert-OH is 1. The van der Waals surface area contributed by atoms with Gasteiger partial charge in [0.05, 0.1) is 19.1 Å². The molecule has 27 heavy (non-hydrogen) atoms. The first-order chi connectivity index (χ1) is 12.6. The van der Waals surface area contributed by atoms with Crippen LogP contribution < -0.4 is 21.7 Å². The van der Waals surface area contributed by atoms with Gasteiger partial charge in [0.2, 0.25) is 17.7 Å². The van der Waals surface area contributed by atoms with Crippen molar-refractivity contribution in [1.29, 1.82) is 0 Å². The monoisotopic (exact) mass is 426 g/mol. The number of aliphatic carboxylic acids is 2. The van der Waals surface area contributed by atoms with Crippen LogP contribution in [0.2, 0.25) is 0 Å². The fourth-order valence-corrected chi connectivity index (χ4v) is 2.08. The zero-order chi connectivity index (χ0) is 21.1. The molecule has 0 aliphatic rings. The van der Waals surface area contributed by atoms with E-state index in [0.29, 0.717) is 0 Å². The van der Waals surface area contributed by atoms with Gasteiger partial charge in [-0.05, 0) is 0 Å². The van der Waals surface area contributed by atoms with Crippen molar-refractivity contribution in [3.8, 4) is 0 Å². The molecule has 4 atom stereocenters. The van der Waals surface area contributed by atoms with E-state index in [9.17, 15) is 29.1 Å². The van der Waals surface area contributed by atoms with Gasteiger partial charge in [-0.25, -0.2) is 4.79 Å². The molecule has 0 aliphatic carbocycles. The first-order valence-corrected chi connectivity index (χ1v) is 8.77. The molecule has 14 heteroatoms. The summed E-state index contributed by atoms with van der Waals surface area (Å²) in [5, 5.41) is 33.2. The summed E-state index contributed by atoms with van der Waals surface area (Å²) >= 11 is 7.57. The van der Waals surface area contributed by atoms with E-state index in [2.05, 4.69) is 30.6 Å². The van der Waals surface area contributed by atoms with Gasteiger partial charge in [0.15, 0.2) is 0 Å². The number of carbonyl (C=O) groups is 5. The lowest BCUT2D eigenvalue weighted by Crippen LogP contribution is -2.58. The number of hydrogen-bond donors (Lipinski definition) is 9. The van der Waals surface area contributed by atoms with Crippen molar-refractivity contribution in [3.63, 3.8) is 0 Å². The van der Waals surface area contributed by atoms with Gasteiger partial charge in [-0.15, -0.1) is 0 Å². The van der Waals surface area contributed by atoms with Gasteiger partial charge >= 0.3 is 11.9 Å². The predicted octanol–water partition coefficient (Wildman–Crippen LogP) is -3.82. The van der Waals surface area contributed by atoms with Gasteiger partial charge in [-0.2, -0.15) is 25.3 Å². The van der Waals surface area contributed by atoms with Crippen molar-refractivity contribution in [2.75, 3.05) is 18.1 Å². The van der Waals surface area contributed by atoms with Crippen LogP contribution in [-0.4, -0.2) is 87.3 Å². The maximum Gasteiger partial charge on any atom is 0.327 e. The molecule has 4 unspecified atom stereocenters. The third kappa shape index (κ3) is 8.94. The molecular weight excluding hydrogens is 404 g/mol. The molecule has 12 nitrogen and oxygen atoms in total. The van der Waals surface area contributed by atoms with Gasteiger partial charge in [-0.1, -0.05) is 0 Å². The smallest absolute Gasteiger partial charge is 0.327 e. The third-order valence-corrected chi connectivity index (χ3v) is 3.92. The van der Waals surface area contributed by atoms with Crippen molar-refractivity contribution in [1.82, 2.24) is 16.0 Å². The van der Waals surface area contributed by atoms with E-state index >= 15 is 0 Å². The Labute approximate surface area is 165 Å². The molecule has 0 aromatic heterocycles. The molecule has 0 fully saturated rings. The topological polar surface area (TPSA) is 208 Å². The molecule has 0 aromatic rings. The minimum Gasteiger partial charge on any atom is -0.481 e. The number of carboxylic acids is 2. The molecule has 154 valence electrons. The molecule has 3 amide bonds. The fraction of sp³-hybridized carbons (Fsp3) is 0.615. The summed E-state index contributed by atoms with van der Waals surface area (Å²) in [6.45, 7) is -0.902. The quantitative estimate of drug-likeness (QED) is 0.140. The minimum atomic E-state index is -1.58. The third-order valence-electron chi connectivity index (χ3n) is 3.16. The Kier molecular flexibility index (Phi) is 11.4. The number of amides is 3. The van der Waals surface area contributed by atoms with Gasteiger partial charge in [0.25, 0.3) is 0 Å². The number of aliphatic hydroxyl groups is 1. The summed E-state index contributed by atoms with van der Waals surface area (Å²) in [4.78, 5) is 57.8. The highest BCUT2D eigenvalue weighted by molar-refractivity contribution is 7.80. The lowest BCUT2D eigenvalue weighted by Gasteiger charge is -2.23. The molecule has 8 N–H and O–H groups in total. The van der Waals surface area contributed by atoms with Gasteiger partial charge in [-0.3, -0.25) is 19.2 Å². The summed E-state index contributed by atoms with van der Waals surface area (Å²) < 4.78 is 0. The summed E-state index contributed by atoms with van der Waals surface area (Å²) in [5.41, 5.74) is 5.44. The first-order valence-electron chi connectivity index (χ1n) is 7.51. The van der Waals surface area contributed by atoms with Gasteiger partial charge in [0.1, 0.15) is 18.1 Å². The Morgan fingerprint density at radius 2 is 1.30 bits per heavy atom. The molecule has 0 radical (unpaired) electrons. The SMILES string of the molecule is NC(CS)C(=O)NC(CC(=O)O)C(=O)NC(CO)C(=O)NC(CS)C(=O)O. The molecule has 0 heterocycles. The van der Waals surface area contributed by atoms with E-state index in [0.717, 1.165) is 0 Å². The molecular formula is C13H22N4O8S2. The second-order valence-electron chi connectivity index (χ2n) is 5.27. The van der Waals surface area contributed by atoms with Crippen molar-refractivity contribution in [2.24, 2.45) is 5.73 Å². The Morgan fingerprint density at radius 3 is 1.70 bits per heavy atom. The van der Waals surface area contributed by atoms with E-state index in [-0.39, 0.29) is 11.5 Å². The number of hydrogen-bond acceptors (Lipinski definition) is 9. The second kappa shape index (κ2) is 12.4. The largest absolute Gasteiger partial charge is 0.481 e. The average molecular weight is 426 g/mol. The normalized spacial score (nSPS) is 15.0. The van der Waals surface area contributed by atoms with Crippen LogP contribution in [0.4, 0.5) is 0 Å². The number of nitrogens with one attached hydrogen (secondary N) is 3. The summed E-state index contributed by atoms with van der Waals surface area (Å²) in [7, 11) is 0. The molecule has 0 spiro atoms. The van der Waals surface area contributed by atoms with Crippen LogP contribution in [0, 0.1) is 0 Å². The fourth-order valence-electron chi connectivity index (χ4n) is 1.67. The predicted molar refractivity (Wildman–Crippen MR) is 98.4 cm³/mol. The molecule has 0 rings (SSSR count). The van der Waals surface area contributed by atoms with Crippen LogP contribution in [-0.2, 0) is 24.0 Å². The number of rotatable bonds is 12. The maximum atomic E-state index is 12.2. The van der Waals surface area contributed by atoms with E-state index in [1.807, 2.05) is 10.6 Å². The van der Waals surface area contributed by atoms with Gasteiger partial charge < -0.3 is 37.0 Å². The Bertz CT molecular complexity index is 577. The summed E-state index contributed by atoms with van der Waals surface area (Å²) in [5.74, 6) is -6.04. The van der Waals surface area contributed by atoms with Crippen LogP contribution in [0.15, 0.2) is 0 Å². The molecule has 0 aromatic carbocycles. The highest BCUT2D eigenvalue weighted by atomic mass is 32.1. The zero-order valence-corrected chi connectivity index (χ0v) is 15.8. The number of carbonyl (C=O) groups excluding carboxylic acids is 3. The number of nitrogens with two attached hydrogens (primary N) is 1. The van der Waals surface area contributed by atoms with E-state index in [1.165, 1.54) is 0 Å². The lowest BCUT2D eigenvalue weighted by atomic mass is 10.1. The first kappa shape index (κ1) is 25.0. The lowest BCUT2D eigenvalue weighted by molar-refractivity contribution is -0.143. The number of thiol groups is 2. The van der Waals surface area contributed by atoms with Crippen LogP contribution in [0.25, 0.3) is 0 Å². The van der Waals surface area contributed by atoms with E-state index in [1.54, 1.807) is 0 Å². The van der Waals surface area contributed by atoms with E-state index in [4.69, 9.17) is 15.9 Å². The van der Waals surface area contributed by atoms with Gasteiger partial charge in [0, 0.05) is 11.5 Å². The van der Waals surface area contributed by atoms with Crippen LogP contribution in [0.1, 0.15) is 6.42 Å². The molecule has 0 saturated heterocycles. The summed E-state index contributed by atoms with van der Waals surface area (Å²) in [6.07, 6.45) is -0.814. The minimum absolute atomic E-state index is 0.0603. The molecule has 0 aliphatic heterocycles. The molecule has 0 saturated carbocycles. The highest BCUT2D eigenvalue weighted by Crippen LogP contribution is 1.98.